The fourth-order valence-corrected chi connectivity index (χ4v) is 7.56. The van der Waals surface area contributed by atoms with Crippen molar-refractivity contribution in [2.75, 3.05) is 0 Å². The van der Waals surface area contributed by atoms with Gasteiger partial charge in [-0.3, -0.25) is 0 Å². The largest absolute Gasteiger partial charge is 0.376 e. The molecule has 1 aliphatic rings. The van der Waals surface area contributed by atoms with Crippen LogP contribution in [0, 0.1) is 0 Å². The highest BCUT2D eigenvalue weighted by atomic mass is 16.3. The van der Waals surface area contributed by atoms with Crippen molar-refractivity contribution in [2.45, 2.75) is 92.9 Å². The summed E-state index contributed by atoms with van der Waals surface area (Å²) in [6, 6.07) is 32.9. The van der Waals surface area contributed by atoms with E-state index in [2.05, 4.69) is 175 Å². The van der Waals surface area contributed by atoms with E-state index in [9.17, 15) is 0 Å². The minimum atomic E-state index is 0.0452. The molecule has 0 atom stereocenters. The van der Waals surface area contributed by atoms with Gasteiger partial charge in [0.2, 0.25) is 0 Å². The van der Waals surface area contributed by atoms with Crippen LogP contribution in [0.15, 0.2) is 214 Å². The van der Waals surface area contributed by atoms with E-state index in [0.29, 0.717) is 0 Å². The molecule has 0 aromatic carbocycles. The van der Waals surface area contributed by atoms with Gasteiger partial charge in [-0.1, -0.05) is 23.8 Å². The third-order valence-electron chi connectivity index (χ3n) is 11.1. The van der Waals surface area contributed by atoms with Crippen molar-refractivity contribution in [3.63, 3.8) is 0 Å². The van der Waals surface area contributed by atoms with E-state index in [1.54, 1.807) is 4.57 Å². The maximum atomic E-state index is 8.99. The summed E-state index contributed by atoms with van der Waals surface area (Å²) in [7, 11) is 0. The quantitative estimate of drug-likeness (QED) is 0.108. The van der Waals surface area contributed by atoms with Crippen LogP contribution < -0.4 is 0 Å². The Hall–Kier alpha value is -7.08. The molecule has 0 saturated carbocycles. The molecule has 0 bridgehead atoms. The maximum absolute atomic E-state index is 8.99. The fourth-order valence-electron chi connectivity index (χ4n) is 7.56. The van der Waals surface area contributed by atoms with Crippen molar-refractivity contribution in [1.82, 2.24) is 41.1 Å². The Balaban J connectivity index is 0.000000135. The zero-order valence-corrected chi connectivity index (χ0v) is 38.3. The van der Waals surface area contributed by atoms with E-state index in [0.717, 1.165) is 64.3 Å². The smallest absolute Gasteiger partial charge is 0.119 e. The van der Waals surface area contributed by atoms with E-state index in [1.807, 2.05) is 90.4 Å². The van der Waals surface area contributed by atoms with E-state index in [-0.39, 0.29) is 13.5 Å². The Kier molecular flexibility index (Phi) is 18.9. The first-order chi connectivity index (χ1) is 32.0. The lowest BCUT2D eigenvalue weighted by Gasteiger charge is -2.06. The predicted molar refractivity (Wildman–Crippen MR) is 263 cm³/mol. The zero-order valence-electron chi connectivity index (χ0n) is 38.3. The second-order valence-electron chi connectivity index (χ2n) is 15.8. The number of allylic oxidation sites excluding steroid dienone is 4. The van der Waals surface area contributed by atoms with Gasteiger partial charge in [0.1, 0.15) is 13.5 Å². The lowest BCUT2D eigenvalue weighted by Crippen LogP contribution is -2.05. The Labute approximate surface area is 384 Å². The van der Waals surface area contributed by atoms with E-state index in [1.165, 1.54) is 28.1 Å². The standard InChI is InChI=1S/C12H15N.2C11H14N2.2C10H12N2O/c1-2-13-9-5-8-12(13)10-11-6-3-4-7-11;1-2-13-9-5-6-11(13)10-12-7-3-4-8-12;1-2-12-8-5-11(9-12)10-13-6-3-4-7-13;13-9-12-7-3-4-10(12)8-11-5-1-2-6-11;13-9-12-6-3-10(8-12)7-11-4-1-2-5-11/h3-6,8-9H,2,7,10H2,1H3;2*3-9H,2,10H2,1H3;1-7,13H,8-9H2;1-6,8,13H,7,9H2. The topological polar surface area (TPSA) is 84.8 Å². The van der Waals surface area contributed by atoms with Crippen molar-refractivity contribution in [2.24, 2.45) is 0 Å². The molecule has 2 N–H and O–H groups in total. The van der Waals surface area contributed by atoms with Crippen LogP contribution in [0.3, 0.4) is 0 Å². The summed E-state index contributed by atoms with van der Waals surface area (Å²) < 4.78 is 18.9. The van der Waals surface area contributed by atoms with Crippen LogP contribution in [0.25, 0.3) is 0 Å². The average molecular weight is 874 g/mol. The normalized spacial score (nSPS) is 11.4. The van der Waals surface area contributed by atoms with Gasteiger partial charge < -0.3 is 51.3 Å². The monoisotopic (exact) mass is 874 g/mol. The van der Waals surface area contributed by atoms with Crippen molar-refractivity contribution in [3.05, 3.63) is 242 Å². The van der Waals surface area contributed by atoms with Crippen molar-refractivity contribution in [1.29, 1.82) is 0 Å². The molecule has 0 fully saturated rings. The Morgan fingerprint density at radius 3 is 1.25 bits per heavy atom. The molecule has 340 valence electrons. The summed E-state index contributed by atoms with van der Waals surface area (Å²) in [5, 5.41) is 17.8. The molecule has 9 aromatic rings. The first kappa shape index (κ1) is 47.4. The molecule has 9 heterocycles. The molecule has 1 aliphatic carbocycles. The molecule has 0 aliphatic heterocycles. The summed E-state index contributed by atoms with van der Waals surface area (Å²) in [4.78, 5) is 0. The molecular weight excluding hydrogens is 807 g/mol. The van der Waals surface area contributed by atoms with E-state index >= 15 is 0 Å². The Morgan fingerprint density at radius 1 is 0.400 bits per heavy atom. The minimum Gasteiger partial charge on any atom is -0.376 e. The van der Waals surface area contributed by atoms with Crippen LogP contribution >= 0.6 is 0 Å². The van der Waals surface area contributed by atoms with Gasteiger partial charge in [-0.25, -0.2) is 0 Å². The molecule has 10 rings (SSSR count). The van der Waals surface area contributed by atoms with Crippen molar-refractivity contribution >= 4 is 0 Å². The van der Waals surface area contributed by atoms with Gasteiger partial charge >= 0.3 is 0 Å². The molecule has 9 aromatic heterocycles. The summed E-state index contributed by atoms with van der Waals surface area (Å²) in [5.74, 6) is 0. The molecule has 0 unspecified atom stereocenters. The number of aromatic nitrogens is 9. The van der Waals surface area contributed by atoms with Crippen LogP contribution in [-0.4, -0.2) is 51.3 Å². The third kappa shape index (κ3) is 15.3. The highest BCUT2D eigenvalue weighted by Gasteiger charge is 2.05. The first-order valence-corrected chi connectivity index (χ1v) is 22.7. The summed E-state index contributed by atoms with van der Waals surface area (Å²) in [6.45, 7) is 13.4. The van der Waals surface area contributed by atoms with Gasteiger partial charge in [0.05, 0.1) is 13.1 Å². The Morgan fingerprint density at radius 2 is 0.831 bits per heavy atom. The maximum Gasteiger partial charge on any atom is 0.119 e. The summed E-state index contributed by atoms with van der Waals surface area (Å²) >= 11 is 0. The van der Waals surface area contributed by atoms with Crippen LogP contribution in [0.2, 0.25) is 0 Å². The first-order valence-electron chi connectivity index (χ1n) is 22.7. The van der Waals surface area contributed by atoms with Gasteiger partial charge in [0.25, 0.3) is 0 Å². The van der Waals surface area contributed by atoms with Gasteiger partial charge in [0, 0.05) is 149 Å². The van der Waals surface area contributed by atoms with Crippen LogP contribution in [0.5, 0.6) is 0 Å². The SMILES string of the molecule is CCn1ccc(Cn2cccc2)c1.CCn1cccc1CC1=CC=CC1.CCn1cccc1Cn1cccc1.OCn1ccc(Cn2cccc2)c1.OCn1cccc1Cn1cccc1. The predicted octanol–water partition coefficient (Wildman–Crippen LogP) is 10.2. The lowest BCUT2D eigenvalue weighted by molar-refractivity contribution is 0.207. The second-order valence-corrected chi connectivity index (χ2v) is 15.8. The second kappa shape index (κ2) is 25.9. The van der Waals surface area contributed by atoms with Crippen LogP contribution in [0.1, 0.15) is 55.4 Å². The molecule has 0 radical (unpaired) electrons. The van der Waals surface area contributed by atoms with Gasteiger partial charge in [-0.15, -0.1) is 0 Å². The number of aliphatic hydroxyl groups excluding tert-OH is 2. The number of rotatable bonds is 15. The average Bonchev–Trinajstić information content (AvgIpc) is 4.17. The molecule has 11 nitrogen and oxygen atoms in total. The number of aliphatic hydroxyl groups is 2. The van der Waals surface area contributed by atoms with Crippen LogP contribution in [-0.2, 0) is 65.7 Å². The molecule has 65 heavy (non-hydrogen) atoms. The van der Waals surface area contributed by atoms with E-state index < -0.39 is 0 Å². The highest BCUT2D eigenvalue weighted by Crippen LogP contribution is 2.17. The fraction of sp³-hybridized carbons (Fsp3) is 0.259. The molecule has 0 spiro atoms. The number of hydrogen-bond acceptors (Lipinski definition) is 2. The third-order valence-corrected chi connectivity index (χ3v) is 11.1. The zero-order chi connectivity index (χ0) is 45.5. The molecule has 0 amide bonds. The summed E-state index contributed by atoms with van der Waals surface area (Å²) in [5.41, 5.74) is 7.98. The van der Waals surface area contributed by atoms with Crippen molar-refractivity contribution in [3.8, 4) is 0 Å². The minimum absolute atomic E-state index is 0.0452. The van der Waals surface area contributed by atoms with Crippen molar-refractivity contribution < 1.29 is 10.2 Å². The Bertz CT molecular complexity index is 2490. The molecular formula is C54H67N9O2. The van der Waals surface area contributed by atoms with Gasteiger partial charge in [-0.05, 0) is 135 Å². The molecule has 11 heteroatoms. The van der Waals surface area contributed by atoms with Gasteiger partial charge in [0.15, 0.2) is 0 Å². The number of nitrogens with zero attached hydrogens (tertiary/aromatic N) is 9. The highest BCUT2D eigenvalue weighted by molar-refractivity contribution is 5.27. The lowest BCUT2D eigenvalue weighted by atomic mass is 10.1. The number of aryl methyl sites for hydroxylation is 3. The summed E-state index contributed by atoms with van der Waals surface area (Å²) in [6.07, 6.45) is 39.5. The van der Waals surface area contributed by atoms with Crippen LogP contribution in [0.4, 0.5) is 0 Å². The van der Waals surface area contributed by atoms with Gasteiger partial charge in [-0.2, -0.15) is 0 Å². The molecule has 0 saturated heterocycles. The number of hydrogen-bond donors (Lipinski definition) is 2. The van der Waals surface area contributed by atoms with E-state index in [4.69, 9.17) is 10.2 Å².